The third kappa shape index (κ3) is 43.8. The van der Waals surface area contributed by atoms with Gasteiger partial charge in [-0.15, -0.1) is 0 Å². The smallest absolute Gasteiger partial charge is 0.462 e. The highest BCUT2D eigenvalue weighted by Gasteiger charge is 2.27. The van der Waals surface area contributed by atoms with Gasteiger partial charge in [0.05, 0.1) is 33.9 Å². The van der Waals surface area contributed by atoms with Crippen LogP contribution in [0, 0.1) is 0 Å². The molecule has 0 aliphatic heterocycles. The van der Waals surface area contributed by atoms with Gasteiger partial charge in [-0.2, -0.15) is 0 Å². The van der Waals surface area contributed by atoms with E-state index >= 15 is 0 Å². The van der Waals surface area contributed by atoms with E-state index in [1.54, 1.807) is 6.08 Å². The van der Waals surface area contributed by atoms with Crippen LogP contribution in [-0.4, -0.2) is 86.1 Å². The predicted molar refractivity (Wildman–Crippen MR) is 244 cm³/mol. The molecule has 0 fully saturated rings. The number of aliphatic hydroxyl groups excluding tert-OH is 1. The highest BCUT2D eigenvalue weighted by molar-refractivity contribution is 7.47. The summed E-state index contributed by atoms with van der Waals surface area (Å²) >= 11 is 0. The Labute approximate surface area is 361 Å². The fourth-order valence-electron chi connectivity index (χ4n) is 6.19. The Kier molecular flexibility index (Phi) is 38.6. The van der Waals surface area contributed by atoms with Gasteiger partial charge in [-0.3, -0.25) is 18.6 Å². The van der Waals surface area contributed by atoms with Crippen molar-refractivity contribution in [1.29, 1.82) is 0 Å². The number of phosphoric acid groups is 1. The molecular weight excluding hydrogens is 766 g/mol. The largest absolute Gasteiger partial charge is 0.472 e. The van der Waals surface area contributed by atoms with E-state index in [1.165, 1.54) is 103 Å². The van der Waals surface area contributed by atoms with Crippen LogP contribution in [0.5, 0.6) is 0 Å². The van der Waals surface area contributed by atoms with E-state index in [-0.39, 0.29) is 26.1 Å². The van der Waals surface area contributed by atoms with Gasteiger partial charge < -0.3 is 24.0 Å². The summed E-state index contributed by atoms with van der Waals surface area (Å²) in [5.41, 5.74) is 0. The van der Waals surface area contributed by atoms with Crippen molar-refractivity contribution in [2.24, 2.45) is 0 Å². The van der Waals surface area contributed by atoms with Crippen molar-refractivity contribution in [1.82, 2.24) is 0 Å². The number of carbonyl (C=O) groups excluding carboxylic acids is 2. The van der Waals surface area contributed by atoms with E-state index in [2.05, 4.69) is 38.2 Å². The number of quaternary nitrogens is 1. The van der Waals surface area contributed by atoms with Gasteiger partial charge in [0.15, 0.2) is 6.10 Å². The van der Waals surface area contributed by atoms with E-state index in [9.17, 15) is 24.2 Å². The maximum Gasteiger partial charge on any atom is 0.472 e. The molecule has 0 aliphatic carbocycles. The molecule has 0 spiro atoms. The number of ether oxygens (including phenoxy) is 2. The molecule has 2 N–H and O–H groups in total. The molecule has 0 aromatic carbocycles. The Morgan fingerprint density at radius 1 is 0.610 bits per heavy atom. The van der Waals surface area contributed by atoms with Crippen LogP contribution in [0.4, 0.5) is 0 Å². The first-order valence-electron chi connectivity index (χ1n) is 23.5. The van der Waals surface area contributed by atoms with E-state index in [0.717, 1.165) is 38.5 Å². The molecule has 0 radical (unpaired) electrons. The summed E-state index contributed by atoms with van der Waals surface area (Å²) in [6.45, 7) is 4.19. The van der Waals surface area contributed by atoms with Gasteiger partial charge >= 0.3 is 19.8 Å². The first kappa shape index (κ1) is 56.9. The van der Waals surface area contributed by atoms with Crippen molar-refractivity contribution < 1.29 is 47.2 Å². The number of unbranched alkanes of at least 4 members (excludes halogenated alkanes) is 19. The second kappa shape index (κ2) is 40.0. The van der Waals surface area contributed by atoms with Crippen LogP contribution in [-0.2, 0) is 32.7 Å². The fraction of sp³-hybridized carbons (Fsp3) is 0.792. The van der Waals surface area contributed by atoms with Crippen LogP contribution < -0.4 is 0 Å². The topological polar surface area (TPSA) is 129 Å². The molecule has 11 heteroatoms. The Morgan fingerprint density at radius 2 is 1.12 bits per heavy atom. The van der Waals surface area contributed by atoms with Crippen molar-refractivity contribution in [3.05, 3.63) is 48.6 Å². The molecule has 0 aromatic heterocycles. The summed E-state index contributed by atoms with van der Waals surface area (Å²) in [5.74, 6) is -1.00. The Bertz CT molecular complexity index is 1160. The van der Waals surface area contributed by atoms with Gasteiger partial charge in [0, 0.05) is 12.8 Å². The zero-order valence-electron chi connectivity index (χ0n) is 38.3. The number of allylic oxidation sites excluding steroid dienone is 7. The highest BCUT2D eigenvalue weighted by atomic mass is 31.2. The van der Waals surface area contributed by atoms with Gasteiger partial charge in [0.1, 0.15) is 19.8 Å². The van der Waals surface area contributed by atoms with Crippen molar-refractivity contribution in [2.75, 3.05) is 47.5 Å². The molecule has 0 aliphatic rings. The molecule has 0 heterocycles. The number of hydrogen-bond acceptors (Lipinski definition) is 8. The maximum atomic E-state index is 12.7. The van der Waals surface area contributed by atoms with E-state index in [0.29, 0.717) is 30.3 Å². The summed E-state index contributed by atoms with van der Waals surface area (Å²) in [6.07, 6.45) is 43.3. The fourth-order valence-corrected chi connectivity index (χ4v) is 6.94. The molecule has 0 bridgehead atoms. The third-order valence-corrected chi connectivity index (χ3v) is 10.9. The molecule has 0 saturated heterocycles. The van der Waals surface area contributed by atoms with Crippen molar-refractivity contribution >= 4 is 19.8 Å². The molecule has 59 heavy (non-hydrogen) atoms. The molecule has 10 nitrogen and oxygen atoms in total. The third-order valence-electron chi connectivity index (χ3n) is 9.94. The molecule has 0 amide bonds. The van der Waals surface area contributed by atoms with Crippen molar-refractivity contribution in [3.8, 4) is 0 Å². The average Bonchev–Trinajstić information content (AvgIpc) is 3.18. The van der Waals surface area contributed by atoms with Gasteiger partial charge in [-0.05, 0) is 64.2 Å². The number of phosphoric ester groups is 1. The molecule has 2 unspecified atom stereocenters. The van der Waals surface area contributed by atoms with E-state index in [1.807, 2.05) is 39.4 Å². The minimum Gasteiger partial charge on any atom is -0.462 e. The lowest BCUT2D eigenvalue weighted by Gasteiger charge is -2.24. The monoisotopic (exact) mass is 855 g/mol. The van der Waals surface area contributed by atoms with Crippen LogP contribution in [0.15, 0.2) is 48.6 Å². The molecule has 3 atom stereocenters. The van der Waals surface area contributed by atoms with E-state index < -0.39 is 38.6 Å². The molecular formula is C48H89NO9P+. The number of nitrogens with zero attached hydrogens (tertiary/aromatic N) is 1. The lowest BCUT2D eigenvalue weighted by Crippen LogP contribution is -2.37. The highest BCUT2D eigenvalue weighted by Crippen LogP contribution is 2.43. The number of esters is 2. The Balaban J connectivity index is 4.50. The van der Waals surface area contributed by atoms with Crippen LogP contribution in [0.3, 0.4) is 0 Å². The Morgan fingerprint density at radius 3 is 1.68 bits per heavy atom. The van der Waals surface area contributed by atoms with Gasteiger partial charge in [-0.25, -0.2) is 4.57 Å². The maximum absolute atomic E-state index is 12.7. The molecule has 344 valence electrons. The summed E-state index contributed by atoms with van der Waals surface area (Å²) in [4.78, 5) is 35.4. The lowest BCUT2D eigenvalue weighted by molar-refractivity contribution is -0.870. The molecule has 0 saturated carbocycles. The number of likely N-dealkylation sites (N-methyl/N-ethyl adjacent to an activating group) is 1. The zero-order chi connectivity index (χ0) is 43.7. The average molecular weight is 855 g/mol. The first-order valence-corrected chi connectivity index (χ1v) is 25.0. The standard InChI is InChI=1S/C48H88NO9P/c1-6-8-10-12-14-16-18-20-21-22-23-25-27-29-31-33-35-39-48(52)58-46(44-57-59(53,54)56-42-41-49(3,4)5)43-55-47(51)40-36-38-45(50)37-34-32-30-28-26-24-19-17-15-13-11-9-7-2/h20-21,24,26,30,32,34,37,45-46,50H,6-19,22-23,25,27-29,31,33,35-36,38-44H2,1-5H3/p+1/b21-20-,26-24+,32-30+,37-34+/t45?,46-/m1/s1. The first-order chi connectivity index (χ1) is 28.4. The van der Waals surface area contributed by atoms with Crippen LogP contribution >= 0.6 is 7.82 Å². The van der Waals surface area contributed by atoms with Gasteiger partial charge in [-0.1, -0.05) is 159 Å². The van der Waals surface area contributed by atoms with Crippen molar-refractivity contribution in [2.45, 2.75) is 199 Å². The summed E-state index contributed by atoms with van der Waals surface area (Å²) < 4.78 is 34.2. The number of rotatable bonds is 42. The second-order valence-corrected chi connectivity index (χ2v) is 18.4. The normalized spacial score (nSPS) is 14.5. The molecule has 0 aromatic rings. The Hall–Kier alpha value is -2.07. The van der Waals surface area contributed by atoms with E-state index in [4.69, 9.17) is 18.5 Å². The summed E-state index contributed by atoms with van der Waals surface area (Å²) in [5, 5.41) is 10.3. The molecule has 0 rings (SSSR count). The number of aliphatic hydroxyl groups is 1. The van der Waals surface area contributed by atoms with Crippen molar-refractivity contribution in [3.63, 3.8) is 0 Å². The van der Waals surface area contributed by atoms with Crippen LogP contribution in [0.2, 0.25) is 0 Å². The second-order valence-electron chi connectivity index (χ2n) is 17.0. The quantitative estimate of drug-likeness (QED) is 0.0154. The predicted octanol–water partition coefficient (Wildman–Crippen LogP) is 12.4. The summed E-state index contributed by atoms with van der Waals surface area (Å²) in [7, 11) is 1.37. The zero-order valence-corrected chi connectivity index (χ0v) is 39.2. The SMILES string of the molecule is CCCCCCCC/C=C\CCCCCCCCCC(=O)O[C@H](COC(=O)CCCC(O)/C=C/C=C/C/C=C/CCCCCCCC)COP(=O)(O)OCC[N+](C)(C)C. The summed E-state index contributed by atoms with van der Waals surface area (Å²) in [6, 6.07) is 0. The van der Waals surface area contributed by atoms with Gasteiger partial charge in [0.25, 0.3) is 0 Å². The lowest BCUT2D eigenvalue weighted by atomic mass is 10.1. The van der Waals surface area contributed by atoms with Gasteiger partial charge in [0.2, 0.25) is 0 Å². The number of hydrogen-bond donors (Lipinski definition) is 2. The minimum atomic E-state index is -4.42. The minimum absolute atomic E-state index is 0.00109. The van der Waals surface area contributed by atoms with Crippen LogP contribution in [0.1, 0.15) is 187 Å². The van der Waals surface area contributed by atoms with Crippen LogP contribution in [0.25, 0.3) is 0 Å². The number of carbonyl (C=O) groups is 2.